The molecule has 28 heavy (non-hydrogen) atoms. The average Bonchev–Trinajstić information content (AvgIpc) is 3.01. The highest BCUT2D eigenvalue weighted by atomic mass is 19.4. The van der Waals surface area contributed by atoms with Gasteiger partial charge in [0.1, 0.15) is 0 Å². The molecule has 0 bridgehead atoms. The first-order chi connectivity index (χ1) is 13.3. The van der Waals surface area contributed by atoms with Gasteiger partial charge in [-0.15, -0.1) is 0 Å². The predicted octanol–water partition coefficient (Wildman–Crippen LogP) is 3.39. The number of carbonyl (C=O) groups is 2. The van der Waals surface area contributed by atoms with Gasteiger partial charge in [-0.2, -0.15) is 13.2 Å². The first-order valence-corrected chi connectivity index (χ1v) is 9.12. The molecule has 1 aliphatic carbocycles. The minimum atomic E-state index is -4.58. The van der Waals surface area contributed by atoms with Crippen molar-refractivity contribution in [3.63, 3.8) is 0 Å². The number of amides is 2. The quantitative estimate of drug-likeness (QED) is 0.828. The van der Waals surface area contributed by atoms with Crippen molar-refractivity contribution in [2.75, 3.05) is 6.54 Å². The van der Waals surface area contributed by atoms with Gasteiger partial charge in [-0.3, -0.25) is 9.59 Å². The van der Waals surface area contributed by atoms with Crippen LogP contribution in [0.1, 0.15) is 51.4 Å². The van der Waals surface area contributed by atoms with Crippen molar-refractivity contribution in [3.8, 4) is 0 Å². The number of rotatable bonds is 2. The van der Waals surface area contributed by atoms with Crippen LogP contribution in [0.25, 0.3) is 0 Å². The Bertz CT molecular complexity index is 970. The third-order valence-electron chi connectivity index (χ3n) is 6.03. The lowest BCUT2D eigenvalue weighted by molar-refractivity contribution is -0.139. The molecule has 0 aromatic heterocycles. The van der Waals surface area contributed by atoms with Crippen molar-refractivity contribution in [2.45, 2.75) is 31.4 Å². The minimum Gasteiger partial charge on any atom is -0.366 e. The van der Waals surface area contributed by atoms with Gasteiger partial charge in [0.25, 0.3) is 0 Å². The normalized spacial score (nSPS) is 24.1. The van der Waals surface area contributed by atoms with Crippen molar-refractivity contribution in [3.05, 3.63) is 70.3 Å². The maximum Gasteiger partial charge on any atom is 0.416 e. The summed E-state index contributed by atoms with van der Waals surface area (Å²) < 4.78 is 41.5. The fraction of sp³-hybridized carbons (Fsp3) is 0.333. The number of hydrogen-bond acceptors (Lipinski definition) is 2. The van der Waals surface area contributed by atoms with E-state index in [0.717, 1.165) is 11.6 Å². The molecule has 2 unspecified atom stereocenters. The van der Waals surface area contributed by atoms with Crippen molar-refractivity contribution in [1.29, 1.82) is 0 Å². The summed E-state index contributed by atoms with van der Waals surface area (Å²) in [4.78, 5) is 25.0. The molecule has 4 rings (SSSR count). The van der Waals surface area contributed by atoms with Crippen LogP contribution in [0.15, 0.2) is 42.5 Å². The number of carbonyl (C=O) groups excluding carboxylic acids is 2. The van der Waals surface area contributed by atoms with Crippen LogP contribution in [0.2, 0.25) is 0 Å². The Morgan fingerprint density at radius 2 is 1.86 bits per heavy atom. The number of primary amides is 1. The monoisotopic (exact) mass is 388 g/mol. The van der Waals surface area contributed by atoms with Gasteiger partial charge in [0.05, 0.1) is 11.0 Å². The van der Waals surface area contributed by atoms with Gasteiger partial charge in [0.2, 0.25) is 11.8 Å². The van der Waals surface area contributed by atoms with E-state index in [0.29, 0.717) is 31.4 Å². The van der Waals surface area contributed by atoms with Gasteiger partial charge >= 0.3 is 6.18 Å². The van der Waals surface area contributed by atoms with Crippen molar-refractivity contribution in [1.82, 2.24) is 5.32 Å². The second-order valence-electron chi connectivity index (χ2n) is 7.42. The Balaban J connectivity index is 2.06. The highest BCUT2D eigenvalue weighted by molar-refractivity contribution is 5.96. The summed E-state index contributed by atoms with van der Waals surface area (Å²) in [7, 11) is 0. The Kier molecular flexibility index (Phi) is 4.21. The van der Waals surface area contributed by atoms with E-state index < -0.39 is 29.0 Å². The number of hydrogen-bond donors (Lipinski definition) is 2. The molecule has 1 fully saturated rings. The number of aryl methyl sites for hydroxylation is 1. The zero-order chi connectivity index (χ0) is 20.1. The number of benzene rings is 2. The van der Waals surface area contributed by atoms with Crippen LogP contribution in [0.3, 0.4) is 0 Å². The summed E-state index contributed by atoms with van der Waals surface area (Å²) in [6, 6.07) is 10.3. The van der Waals surface area contributed by atoms with Crippen LogP contribution in [0.5, 0.6) is 0 Å². The number of fused-ring (bicyclic) bond motifs is 1. The summed E-state index contributed by atoms with van der Waals surface area (Å²) in [5, 5.41) is 2.78. The van der Waals surface area contributed by atoms with Gasteiger partial charge in [-0.1, -0.05) is 30.3 Å². The SMILES string of the molecule is NC(=O)c1cccc2c1C(c1ccccc1C(F)(F)F)C1(CCNC1=O)CC2. The fourth-order valence-corrected chi connectivity index (χ4v) is 4.83. The van der Waals surface area contributed by atoms with E-state index in [4.69, 9.17) is 5.73 Å². The molecular formula is C21H19F3N2O2. The molecule has 4 nitrogen and oxygen atoms in total. The zero-order valence-corrected chi connectivity index (χ0v) is 15.0. The average molecular weight is 388 g/mol. The fourth-order valence-electron chi connectivity index (χ4n) is 4.83. The Labute approximate surface area is 159 Å². The molecule has 0 saturated carbocycles. The van der Waals surface area contributed by atoms with Crippen LogP contribution in [0, 0.1) is 5.41 Å². The number of nitrogens with two attached hydrogens (primary N) is 1. The van der Waals surface area contributed by atoms with Crippen LogP contribution in [-0.2, 0) is 17.4 Å². The highest BCUT2D eigenvalue weighted by Crippen LogP contribution is 2.55. The van der Waals surface area contributed by atoms with E-state index in [-0.39, 0.29) is 17.0 Å². The van der Waals surface area contributed by atoms with E-state index in [2.05, 4.69) is 5.32 Å². The summed E-state index contributed by atoms with van der Waals surface area (Å²) in [6.45, 7) is 0.400. The number of alkyl halides is 3. The molecule has 1 saturated heterocycles. The number of halogens is 3. The molecular weight excluding hydrogens is 369 g/mol. The van der Waals surface area contributed by atoms with Crippen molar-refractivity contribution < 1.29 is 22.8 Å². The summed E-state index contributed by atoms with van der Waals surface area (Å²) >= 11 is 0. The largest absolute Gasteiger partial charge is 0.416 e. The molecule has 0 radical (unpaired) electrons. The topological polar surface area (TPSA) is 72.2 Å². The van der Waals surface area contributed by atoms with Gasteiger partial charge in [0.15, 0.2) is 0 Å². The van der Waals surface area contributed by atoms with Crippen LogP contribution >= 0.6 is 0 Å². The Hall–Kier alpha value is -2.83. The van der Waals surface area contributed by atoms with E-state index in [1.807, 2.05) is 0 Å². The maximum atomic E-state index is 13.8. The van der Waals surface area contributed by atoms with E-state index in [1.165, 1.54) is 24.3 Å². The Morgan fingerprint density at radius 1 is 1.11 bits per heavy atom. The first-order valence-electron chi connectivity index (χ1n) is 9.12. The van der Waals surface area contributed by atoms with E-state index in [1.54, 1.807) is 12.1 Å². The zero-order valence-electron chi connectivity index (χ0n) is 15.0. The van der Waals surface area contributed by atoms with Crippen molar-refractivity contribution in [2.24, 2.45) is 11.1 Å². The van der Waals surface area contributed by atoms with Gasteiger partial charge in [-0.05, 0) is 48.1 Å². The van der Waals surface area contributed by atoms with Gasteiger partial charge < -0.3 is 11.1 Å². The maximum absolute atomic E-state index is 13.8. The Morgan fingerprint density at radius 3 is 2.50 bits per heavy atom. The summed E-state index contributed by atoms with van der Waals surface area (Å²) in [6.07, 6.45) is -3.24. The summed E-state index contributed by atoms with van der Waals surface area (Å²) in [5.74, 6) is -1.86. The van der Waals surface area contributed by atoms with Crippen LogP contribution in [0.4, 0.5) is 13.2 Å². The van der Waals surface area contributed by atoms with Gasteiger partial charge in [-0.25, -0.2) is 0 Å². The molecule has 2 aromatic rings. The predicted molar refractivity (Wildman–Crippen MR) is 96.6 cm³/mol. The number of nitrogens with one attached hydrogen (secondary N) is 1. The van der Waals surface area contributed by atoms with Crippen LogP contribution in [-0.4, -0.2) is 18.4 Å². The standard InChI is InChI=1S/C21H19F3N2O2/c22-21(23,24)15-7-2-1-5-13(15)17-16-12(4-3-6-14(16)18(25)27)8-9-20(17)10-11-26-19(20)28/h1-7,17H,8-11H2,(H2,25,27)(H,26,28). The van der Waals surface area contributed by atoms with E-state index in [9.17, 15) is 22.8 Å². The van der Waals surface area contributed by atoms with Gasteiger partial charge in [0, 0.05) is 18.0 Å². The third-order valence-corrected chi connectivity index (χ3v) is 6.03. The lowest BCUT2D eigenvalue weighted by atomic mass is 9.59. The smallest absolute Gasteiger partial charge is 0.366 e. The minimum absolute atomic E-state index is 0.0155. The van der Waals surface area contributed by atoms with Crippen molar-refractivity contribution >= 4 is 11.8 Å². The lowest BCUT2D eigenvalue weighted by Gasteiger charge is -2.42. The molecule has 1 spiro atoms. The molecule has 1 heterocycles. The molecule has 146 valence electrons. The molecule has 2 amide bonds. The second kappa shape index (κ2) is 6.36. The molecule has 2 aromatic carbocycles. The molecule has 1 aliphatic heterocycles. The first kappa shape index (κ1) is 18.5. The molecule has 2 aliphatic rings. The highest BCUT2D eigenvalue weighted by Gasteiger charge is 2.54. The van der Waals surface area contributed by atoms with Crippen LogP contribution < -0.4 is 11.1 Å². The third kappa shape index (κ3) is 2.68. The van der Waals surface area contributed by atoms with E-state index >= 15 is 0 Å². The molecule has 3 N–H and O–H groups in total. The second-order valence-corrected chi connectivity index (χ2v) is 7.42. The molecule has 7 heteroatoms. The molecule has 2 atom stereocenters. The lowest BCUT2D eigenvalue weighted by Crippen LogP contribution is -2.42. The summed E-state index contributed by atoms with van der Waals surface area (Å²) in [5.41, 5.74) is 5.16.